The first kappa shape index (κ1) is 19.6. The fraction of sp³-hybridized carbons (Fsp3) is 0.190. The molecule has 0 unspecified atom stereocenters. The molecule has 0 aliphatic heterocycles. The number of anilines is 1. The summed E-state index contributed by atoms with van der Waals surface area (Å²) in [7, 11) is 0. The van der Waals surface area contributed by atoms with Crippen molar-refractivity contribution in [2.75, 3.05) is 11.9 Å². The van der Waals surface area contributed by atoms with E-state index in [1.807, 2.05) is 54.6 Å². The molecule has 0 radical (unpaired) electrons. The van der Waals surface area contributed by atoms with Crippen molar-refractivity contribution >= 4 is 29.2 Å². The summed E-state index contributed by atoms with van der Waals surface area (Å²) in [5, 5.41) is 10.7. The van der Waals surface area contributed by atoms with Gasteiger partial charge in [0.15, 0.2) is 5.69 Å². The number of para-hydroxylation sites is 1. The lowest BCUT2D eigenvalue weighted by atomic mass is 10.1. The molecule has 2 aromatic carbocycles. The maximum absolute atomic E-state index is 12.5. The second-order valence-corrected chi connectivity index (χ2v) is 6.63. The Bertz CT molecular complexity index is 952. The third-order valence-electron chi connectivity index (χ3n) is 4.14. The Balaban J connectivity index is 1.72. The van der Waals surface area contributed by atoms with Gasteiger partial charge in [-0.2, -0.15) is 5.10 Å². The summed E-state index contributed by atoms with van der Waals surface area (Å²) in [6.45, 7) is 2.23. The Morgan fingerprint density at radius 2 is 1.79 bits per heavy atom. The molecular weight excluding hydrogens is 376 g/mol. The molecule has 7 heteroatoms. The van der Waals surface area contributed by atoms with Crippen LogP contribution in [0.5, 0.6) is 0 Å². The van der Waals surface area contributed by atoms with Crippen LogP contribution in [0.3, 0.4) is 0 Å². The van der Waals surface area contributed by atoms with Crippen LogP contribution in [0.25, 0.3) is 5.69 Å². The average Bonchev–Trinajstić information content (AvgIpc) is 3.14. The van der Waals surface area contributed by atoms with E-state index in [9.17, 15) is 9.59 Å². The van der Waals surface area contributed by atoms with E-state index in [1.165, 1.54) is 0 Å². The molecule has 144 valence electrons. The predicted octanol–water partition coefficient (Wildman–Crippen LogP) is 3.85. The van der Waals surface area contributed by atoms with Gasteiger partial charge in [-0.25, -0.2) is 4.68 Å². The average molecular weight is 397 g/mol. The summed E-state index contributed by atoms with van der Waals surface area (Å²) in [6, 6.07) is 18.4. The first-order valence-electron chi connectivity index (χ1n) is 9.05. The zero-order chi connectivity index (χ0) is 19.9. The Hall–Kier alpha value is -3.12. The van der Waals surface area contributed by atoms with Gasteiger partial charge in [-0.1, -0.05) is 48.9 Å². The molecule has 1 heterocycles. The SMILES string of the molecule is CCC(=O)Nc1cc(C(=O)NCCc2ccc(Cl)cc2)nn1-c1ccccc1. The standard InChI is InChI=1S/C21H21ClN4O2/c1-2-20(27)24-19-14-18(25-26(19)17-6-4-3-5-7-17)21(28)23-13-12-15-8-10-16(22)11-9-15/h3-11,14H,2,12-13H2,1H3,(H,23,28)(H,24,27). The highest BCUT2D eigenvalue weighted by atomic mass is 35.5. The highest BCUT2D eigenvalue weighted by Crippen LogP contribution is 2.18. The quantitative estimate of drug-likeness (QED) is 0.637. The van der Waals surface area contributed by atoms with Gasteiger partial charge in [-0.3, -0.25) is 9.59 Å². The number of carbonyl (C=O) groups is 2. The number of nitrogens with one attached hydrogen (secondary N) is 2. The van der Waals surface area contributed by atoms with Crippen LogP contribution < -0.4 is 10.6 Å². The van der Waals surface area contributed by atoms with Gasteiger partial charge < -0.3 is 10.6 Å². The van der Waals surface area contributed by atoms with E-state index >= 15 is 0 Å². The largest absolute Gasteiger partial charge is 0.350 e. The van der Waals surface area contributed by atoms with Gasteiger partial charge >= 0.3 is 0 Å². The first-order chi connectivity index (χ1) is 13.6. The number of aromatic nitrogens is 2. The maximum Gasteiger partial charge on any atom is 0.271 e. The minimum atomic E-state index is -0.296. The van der Waals surface area contributed by atoms with Crippen LogP contribution in [0.4, 0.5) is 5.82 Å². The molecule has 28 heavy (non-hydrogen) atoms. The second kappa shape index (κ2) is 9.19. The van der Waals surface area contributed by atoms with Gasteiger partial charge in [0.25, 0.3) is 5.91 Å². The van der Waals surface area contributed by atoms with Gasteiger partial charge in [0.1, 0.15) is 5.82 Å². The van der Waals surface area contributed by atoms with Crippen LogP contribution in [0.2, 0.25) is 5.02 Å². The van der Waals surface area contributed by atoms with E-state index in [0.717, 1.165) is 11.3 Å². The van der Waals surface area contributed by atoms with E-state index in [4.69, 9.17) is 11.6 Å². The smallest absolute Gasteiger partial charge is 0.271 e. The highest BCUT2D eigenvalue weighted by Gasteiger charge is 2.16. The molecular formula is C21H21ClN4O2. The van der Waals surface area contributed by atoms with Crippen LogP contribution in [0.15, 0.2) is 60.7 Å². The summed E-state index contributed by atoms with van der Waals surface area (Å²) in [6.07, 6.45) is 1.02. The molecule has 0 aliphatic rings. The van der Waals surface area contributed by atoms with E-state index in [2.05, 4.69) is 15.7 Å². The number of hydrogen-bond donors (Lipinski definition) is 2. The lowest BCUT2D eigenvalue weighted by Gasteiger charge is -2.07. The summed E-state index contributed by atoms with van der Waals surface area (Å²) in [5.74, 6) is 0.0170. The van der Waals surface area contributed by atoms with Crippen LogP contribution in [-0.4, -0.2) is 28.1 Å². The number of benzene rings is 2. The number of halogens is 1. The third-order valence-corrected chi connectivity index (χ3v) is 4.40. The van der Waals surface area contributed by atoms with Gasteiger partial charge in [-0.15, -0.1) is 0 Å². The molecule has 0 bridgehead atoms. The van der Waals surface area contributed by atoms with E-state index < -0.39 is 0 Å². The van der Waals surface area contributed by atoms with Crippen LogP contribution in [0, 0.1) is 0 Å². The molecule has 6 nitrogen and oxygen atoms in total. The Kier molecular flexibility index (Phi) is 6.45. The van der Waals surface area contributed by atoms with Crippen molar-refractivity contribution in [2.24, 2.45) is 0 Å². The Morgan fingerprint density at radius 3 is 2.46 bits per heavy atom. The molecule has 0 aliphatic carbocycles. The lowest BCUT2D eigenvalue weighted by molar-refractivity contribution is -0.115. The molecule has 2 amide bonds. The number of carbonyl (C=O) groups excluding carboxylic acids is 2. The van der Waals surface area contributed by atoms with Crippen molar-refractivity contribution < 1.29 is 9.59 Å². The van der Waals surface area contributed by atoms with E-state index in [1.54, 1.807) is 17.7 Å². The minimum Gasteiger partial charge on any atom is -0.350 e. The predicted molar refractivity (Wildman–Crippen MR) is 110 cm³/mol. The monoisotopic (exact) mass is 396 g/mol. The fourth-order valence-electron chi connectivity index (χ4n) is 2.64. The zero-order valence-corrected chi connectivity index (χ0v) is 16.2. The van der Waals surface area contributed by atoms with Crippen molar-refractivity contribution in [1.29, 1.82) is 0 Å². The molecule has 1 aromatic heterocycles. The summed E-state index contributed by atoms with van der Waals surface area (Å²) in [5.41, 5.74) is 2.08. The first-order valence-corrected chi connectivity index (χ1v) is 9.42. The molecule has 0 saturated heterocycles. The van der Waals surface area contributed by atoms with Crippen molar-refractivity contribution in [3.63, 3.8) is 0 Å². The molecule has 2 N–H and O–H groups in total. The van der Waals surface area contributed by atoms with E-state index in [0.29, 0.717) is 30.2 Å². The molecule has 0 saturated carbocycles. The van der Waals surface area contributed by atoms with Crippen LogP contribution >= 0.6 is 11.6 Å². The number of rotatable bonds is 7. The fourth-order valence-corrected chi connectivity index (χ4v) is 2.77. The molecule has 3 aromatic rings. The highest BCUT2D eigenvalue weighted by molar-refractivity contribution is 6.30. The third kappa shape index (κ3) is 4.98. The van der Waals surface area contributed by atoms with Crippen molar-refractivity contribution in [3.8, 4) is 5.69 Å². The van der Waals surface area contributed by atoms with Gasteiger partial charge in [-0.05, 0) is 36.2 Å². The van der Waals surface area contributed by atoms with Crippen molar-refractivity contribution in [1.82, 2.24) is 15.1 Å². The minimum absolute atomic E-state index is 0.147. The second-order valence-electron chi connectivity index (χ2n) is 6.20. The maximum atomic E-state index is 12.5. The number of nitrogens with zero attached hydrogens (tertiary/aromatic N) is 2. The molecule has 0 fully saturated rings. The molecule has 3 rings (SSSR count). The lowest BCUT2D eigenvalue weighted by Crippen LogP contribution is -2.26. The number of hydrogen-bond acceptors (Lipinski definition) is 3. The zero-order valence-electron chi connectivity index (χ0n) is 15.5. The summed E-state index contributed by atoms with van der Waals surface area (Å²) >= 11 is 5.88. The Labute approximate surface area is 168 Å². The van der Waals surface area contributed by atoms with Crippen LogP contribution in [-0.2, 0) is 11.2 Å². The van der Waals surface area contributed by atoms with Crippen LogP contribution in [0.1, 0.15) is 29.4 Å². The van der Waals surface area contributed by atoms with Gasteiger partial charge in [0, 0.05) is 24.1 Å². The molecule has 0 atom stereocenters. The van der Waals surface area contributed by atoms with Gasteiger partial charge in [0.05, 0.1) is 5.69 Å². The Morgan fingerprint density at radius 1 is 1.07 bits per heavy atom. The normalized spacial score (nSPS) is 10.5. The number of amides is 2. The van der Waals surface area contributed by atoms with Crippen molar-refractivity contribution in [3.05, 3.63) is 76.9 Å². The molecule has 0 spiro atoms. The van der Waals surface area contributed by atoms with E-state index in [-0.39, 0.29) is 17.5 Å². The van der Waals surface area contributed by atoms with Gasteiger partial charge in [0.2, 0.25) is 5.91 Å². The van der Waals surface area contributed by atoms with Crippen molar-refractivity contribution in [2.45, 2.75) is 19.8 Å². The summed E-state index contributed by atoms with van der Waals surface area (Å²) in [4.78, 5) is 24.4. The summed E-state index contributed by atoms with van der Waals surface area (Å²) < 4.78 is 1.56. The topological polar surface area (TPSA) is 76.0 Å².